The fourth-order valence-electron chi connectivity index (χ4n) is 4.21. The van der Waals surface area contributed by atoms with Gasteiger partial charge in [-0.05, 0) is 55.0 Å². The number of aromatic nitrogens is 4. The van der Waals surface area contributed by atoms with Crippen molar-refractivity contribution in [2.75, 3.05) is 32.7 Å². The molecule has 1 aliphatic heterocycles. The number of imidazole rings is 1. The molecule has 202 valence electrons. The van der Waals surface area contributed by atoms with Crippen LogP contribution in [0, 0.1) is 11.2 Å². The van der Waals surface area contributed by atoms with E-state index in [-0.39, 0.29) is 24.9 Å². The van der Waals surface area contributed by atoms with E-state index >= 15 is 0 Å². The van der Waals surface area contributed by atoms with Gasteiger partial charge >= 0.3 is 0 Å². The number of hydrogen-bond acceptors (Lipinski definition) is 8. The average Bonchev–Trinajstić information content (AvgIpc) is 3.42. The second-order valence-corrected chi connectivity index (χ2v) is 9.41. The van der Waals surface area contributed by atoms with Crippen molar-refractivity contribution >= 4 is 11.9 Å². The van der Waals surface area contributed by atoms with Crippen LogP contribution in [0.25, 0.3) is 22.6 Å². The highest BCUT2D eigenvalue weighted by Gasteiger charge is 2.40. The predicted octanol–water partition coefficient (Wildman–Crippen LogP) is 4.09. The Morgan fingerprint density at radius 2 is 1.82 bits per heavy atom. The maximum atomic E-state index is 13.7. The number of ether oxygens (including phenoxy) is 3. The van der Waals surface area contributed by atoms with Crippen molar-refractivity contribution in [3.8, 4) is 28.4 Å². The fraction of sp³-hybridized carbons (Fsp3) is 0.286. The van der Waals surface area contributed by atoms with E-state index in [0.717, 1.165) is 11.3 Å². The third-order valence-electron chi connectivity index (χ3n) is 6.47. The number of hydrogen-bond donors (Lipinski definition) is 3. The van der Waals surface area contributed by atoms with Gasteiger partial charge in [0.2, 0.25) is 18.1 Å². The van der Waals surface area contributed by atoms with E-state index < -0.39 is 11.7 Å². The smallest absolute Gasteiger partial charge is 0.230 e. The molecular weight excluding hydrogens is 503 g/mol. The second kappa shape index (κ2) is 11.2. The van der Waals surface area contributed by atoms with Crippen LogP contribution in [0.15, 0.2) is 60.8 Å². The Hall–Kier alpha value is -4.35. The summed E-state index contributed by atoms with van der Waals surface area (Å²) in [6.45, 7) is 2.61. The molecule has 1 fully saturated rings. The van der Waals surface area contributed by atoms with Gasteiger partial charge in [0.15, 0.2) is 5.82 Å². The molecule has 3 N–H and O–H groups in total. The lowest BCUT2D eigenvalue weighted by Crippen LogP contribution is -2.47. The molecule has 1 amide bonds. The topological polar surface area (TPSA) is 123 Å². The van der Waals surface area contributed by atoms with Crippen molar-refractivity contribution in [2.45, 2.75) is 19.8 Å². The quantitative estimate of drug-likeness (QED) is 0.310. The Labute approximate surface area is 225 Å². The first kappa shape index (κ1) is 26.3. The molecule has 0 aliphatic carbocycles. The summed E-state index contributed by atoms with van der Waals surface area (Å²) in [5.41, 5.74) is 2.64. The standard InChI is InChI=1S/C28H29FN6O4/c1-28(26(36)30-2)15-38-25(39-16-28)24-34-22(18-6-8-19(29)9-7-18)23(35-24)21-12-13-31-27(33-21)32-14-17-4-10-20(37-3)11-5-17/h4-13,25H,14-16H2,1-3H3,(H,30,36)(H,34,35)(H,31,32,33). The monoisotopic (exact) mass is 532 g/mol. The van der Waals surface area contributed by atoms with Crippen LogP contribution < -0.4 is 15.4 Å². The molecule has 0 radical (unpaired) electrons. The number of anilines is 1. The van der Waals surface area contributed by atoms with Gasteiger partial charge in [-0.3, -0.25) is 4.79 Å². The van der Waals surface area contributed by atoms with Gasteiger partial charge in [-0.2, -0.15) is 0 Å². The van der Waals surface area contributed by atoms with Gasteiger partial charge in [0, 0.05) is 25.4 Å². The van der Waals surface area contributed by atoms with Gasteiger partial charge in [-0.15, -0.1) is 0 Å². The summed E-state index contributed by atoms with van der Waals surface area (Å²) in [5, 5.41) is 5.88. The van der Waals surface area contributed by atoms with E-state index in [1.807, 2.05) is 24.3 Å². The van der Waals surface area contributed by atoms with Crippen molar-refractivity contribution in [3.05, 3.63) is 78.0 Å². The van der Waals surface area contributed by atoms with Crippen molar-refractivity contribution in [1.29, 1.82) is 0 Å². The molecular formula is C28H29FN6O4. The molecule has 0 saturated carbocycles. The van der Waals surface area contributed by atoms with Crippen LogP contribution in [-0.2, 0) is 20.8 Å². The minimum atomic E-state index is -0.815. The molecule has 2 aromatic carbocycles. The van der Waals surface area contributed by atoms with Crippen LogP contribution in [0.2, 0.25) is 0 Å². The first-order chi connectivity index (χ1) is 18.9. The van der Waals surface area contributed by atoms with Crippen LogP contribution >= 0.6 is 0 Å². The zero-order chi connectivity index (χ0) is 27.4. The van der Waals surface area contributed by atoms with E-state index in [2.05, 4.69) is 25.6 Å². The molecule has 1 aliphatic rings. The molecule has 0 bridgehead atoms. The summed E-state index contributed by atoms with van der Waals surface area (Å²) >= 11 is 0. The van der Waals surface area contributed by atoms with Crippen LogP contribution in [0.5, 0.6) is 5.75 Å². The predicted molar refractivity (Wildman–Crippen MR) is 142 cm³/mol. The first-order valence-electron chi connectivity index (χ1n) is 12.4. The molecule has 11 heteroatoms. The zero-order valence-corrected chi connectivity index (χ0v) is 21.8. The maximum Gasteiger partial charge on any atom is 0.230 e. The molecule has 0 atom stereocenters. The third-order valence-corrected chi connectivity index (χ3v) is 6.47. The minimum absolute atomic E-state index is 0.159. The first-order valence-corrected chi connectivity index (χ1v) is 12.4. The minimum Gasteiger partial charge on any atom is -0.497 e. The molecule has 0 unspecified atom stereocenters. The Balaban J connectivity index is 1.42. The molecule has 4 aromatic rings. The highest BCUT2D eigenvalue weighted by Crippen LogP contribution is 2.35. The molecule has 3 heterocycles. The number of nitrogens with zero attached hydrogens (tertiary/aromatic N) is 3. The molecule has 5 rings (SSSR count). The lowest BCUT2D eigenvalue weighted by atomic mass is 9.91. The van der Waals surface area contributed by atoms with E-state index in [1.54, 1.807) is 45.5 Å². The number of carbonyl (C=O) groups excluding carboxylic acids is 1. The lowest BCUT2D eigenvalue weighted by Gasteiger charge is -2.34. The second-order valence-electron chi connectivity index (χ2n) is 9.41. The van der Waals surface area contributed by atoms with Gasteiger partial charge in [-0.1, -0.05) is 12.1 Å². The highest BCUT2D eigenvalue weighted by atomic mass is 19.1. The van der Waals surface area contributed by atoms with Gasteiger partial charge in [0.05, 0.1) is 42.8 Å². The number of methoxy groups -OCH3 is 1. The Morgan fingerprint density at radius 1 is 1.10 bits per heavy atom. The largest absolute Gasteiger partial charge is 0.497 e. The summed E-state index contributed by atoms with van der Waals surface area (Å²) in [4.78, 5) is 29.3. The van der Waals surface area contributed by atoms with Gasteiger partial charge < -0.3 is 29.8 Å². The number of aromatic amines is 1. The summed E-state index contributed by atoms with van der Waals surface area (Å²) in [7, 11) is 3.21. The summed E-state index contributed by atoms with van der Waals surface area (Å²) in [6, 6.07) is 15.5. The number of rotatable bonds is 8. The number of halogens is 1. The highest BCUT2D eigenvalue weighted by molar-refractivity contribution is 5.82. The zero-order valence-electron chi connectivity index (χ0n) is 21.8. The summed E-state index contributed by atoms with van der Waals surface area (Å²) < 4.78 is 30.7. The molecule has 2 aromatic heterocycles. The Bertz CT molecular complexity index is 1430. The van der Waals surface area contributed by atoms with Crippen LogP contribution in [0.1, 0.15) is 24.6 Å². The maximum absolute atomic E-state index is 13.7. The molecule has 1 saturated heterocycles. The van der Waals surface area contributed by atoms with Crippen molar-refractivity contribution < 1.29 is 23.4 Å². The van der Waals surface area contributed by atoms with Crippen LogP contribution in [0.3, 0.4) is 0 Å². The molecule has 39 heavy (non-hydrogen) atoms. The Kier molecular flexibility index (Phi) is 7.53. The normalized spacial score (nSPS) is 18.9. The lowest BCUT2D eigenvalue weighted by molar-refractivity contribution is -0.230. The van der Waals surface area contributed by atoms with Crippen LogP contribution in [-0.4, -0.2) is 53.2 Å². The SMILES string of the molecule is CNC(=O)C1(C)COC(c2nc(-c3ccc(F)cc3)c(-c3ccnc(NCc4ccc(OC)cc4)n3)[nH]2)OC1. The third kappa shape index (κ3) is 5.74. The van der Waals surface area contributed by atoms with Crippen molar-refractivity contribution in [3.63, 3.8) is 0 Å². The number of amides is 1. The van der Waals surface area contributed by atoms with Gasteiger partial charge in [-0.25, -0.2) is 19.3 Å². The average molecular weight is 533 g/mol. The van der Waals surface area contributed by atoms with Crippen molar-refractivity contribution in [2.24, 2.45) is 5.41 Å². The van der Waals surface area contributed by atoms with E-state index in [4.69, 9.17) is 19.2 Å². The Morgan fingerprint density at radius 3 is 2.49 bits per heavy atom. The number of carbonyl (C=O) groups is 1. The van der Waals surface area contributed by atoms with Gasteiger partial charge in [0.25, 0.3) is 0 Å². The number of benzene rings is 2. The fourth-order valence-corrected chi connectivity index (χ4v) is 4.21. The number of H-pyrrole nitrogens is 1. The van der Waals surface area contributed by atoms with E-state index in [1.165, 1.54) is 12.1 Å². The van der Waals surface area contributed by atoms with Crippen LogP contribution in [0.4, 0.5) is 10.3 Å². The number of nitrogens with one attached hydrogen (secondary N) is 3. The van der Waals surface area contributed by atoms with Gasteiger partial charge in [0.1, 0.15) is 11.6 Å². The van der Waals surface area contributed by atoms with Crippen molar-refractivity contribution in [1.82, 2.24) is 25.3 Å². The summed E-state index contributed by atoms with van der Waals surface area (Å²) in [5.74, 6) is 1.11. The molecule has 10 nitrogen and oxygen atoms in total. The van der Waals surface area contributed by atoms with E-state index in [0.29, 0.717) is 41.0 Å². The van der Waals surface area contributed by atoms with E-state index in [9.17, 15) is 9.18 Å². The molecule has 0 spiro atoms. The summed E-state index contributed by atoms with van der Waals surface area (Å²) in [6.07, 6.45) is 0.834.